The lowest BCUT2D eigenvalue weighted by atomic mass is 9.83. The molecule has 1 heterocycles. The molecule has 15 heavy (non-hydrogen) atoms. The molecule has 0 fully saturated rings. The molecule has 0 saturated carbocycles. The van der Waals surface area contributed by atoms with Crippen molar-refractivity contribution in [2.45, 2.75) is 25.9 Å². The molecule has 1 atom stereocenters. The van der Waals surface area contributed by atoms with Gasteiger partial charge in [0.15, 0.2) is 5.16 Å². The Balaban J connectivity index is 2.49. The normalized spacial score (nSPS) is 13.9. The Morgan fingerprint density at radius 1 is 1.33 bits per heavy atom. The van der Waals surface area contributed by atoms with Crippen molar-refractivity contribution in [2.24, 2.45) is 11.3 Å². The monoisotopic (exact) mass is 242 g/mol. The second-order valence-corrected chi connectivity index (χ2v) is 5.94. The van der Waals surface area contributed by atoms with Gasteiger partial charge in [0.2, 0.25) is 0 Å². The van der Waals surface area contributed by atoms with Crippen LogP contribution in [0.2, 0.25) is 0 Å². The summed E-state index contributed by atoms with van der Waals surface area (Å²) in [6.45, 7) is 6.75. The van der Waals surface area contributed by atoms with Crippen molar-refractivity contribution < 1.29 is 0 Å². The summed E-state index contributed by atoms with van der Waals surface area (Å²) in [6.07, 6.45) is 3.56. The molecular formula is C11H18N2S2. The van der Waals surface area contributed by atoms with Crippen LogP contribution >= 0.6 is 24.4 Å². The molecule has 0 aromatic carbocycles. The van der Waals surface area contributed by atoms with Gasteiger partial charge in [-0.2, -0.15) is 12.6 Å². The maximum absolute atomic E-state index is 4.40. The number of thioether (sulfide) groups is 1. The van der Waals surface area contributed by atoms with E-state index in [9.17, 15) is 0 Å². The van der Waals surface area contributed by atoms with Gasteiger partial charge in [0, 0.05) is 18.1 Å². The third kappa shape index (κ3) is 4.43. The number of thiol groups is 1. The molecule has 0 amide bonds. The lowest BCUT2D eigenvalue weighted by molar-refractivity contribution is 0.294. The largest absolute Gasteiger partial charge is 0.231 e. The maximum Gasteiger partial charge on any atom is 0.187 e. The number of hydrogen-bond donors (Lipinski definition) is 1. The summed E-state index contributed by atoms with van der Waals surface area (Å²) in [5.41, 5.74) is 0.295. The van der Waals surface area contributed by atoms with E-state index in [1.165, 1.54) is 0 Å². The number of nitrogens with zero attached hydrogens (tertiary/aromatic N) is 2. The Morgan fingerprint density at radius 2 is 1.93 bits per heavy atom. The molecule has 0 aliphatic rings. The van der Waals surface area contributed by atoms with E-state index in [0.717, 1.165) is 16.7 Å². The molecule has 0 spiro atoms. The molecule has 0 N–H and O–H groups in total. The molecule has 2 nitrogen and oxygen atoms in total. The molecule has 0 radical (unpaired) electrons. The highest BCUT2D eigenvalue weighted by Crippen LogP contribution is 2.31. The average Bonchev–Trinajstić information content (AvgIpc) is 2.18. The second kappa shape index (κ2) is 5.75. The maximum atomic E-state index is 4.40. The predicted octanol–water partition coefficient (Wildman–Crippen LogP) is 3.16. The van der Waals surface area contributed by atoms with Crippen molar-refractivity contribution in [3.63, 3.8) is 0 Å². The Labute approximate surface area is 102 Å². The summed E-state index contributed by atoms with van der Waals surface area (Å²) in [5.74, 6) is 2.51. The Hall–Kier alpha value is -0.220. The van der Waals surface area contributed by atoms with Gasteiger partial charge in [-0.3, -0.25) is 0 Å². The van der Waals surface area contributed by atoms with Gasteiger partial charge in [0.05, 0.1) is 0 Å². The predicted molar refractivity (Wildman–Crippen MR) is 69.6 cm³/mol. The van der Waals surface area contributed by atoms with Gasteiger partial charge in [-0.25, -0.2) is 9.97 Å². The van der Waals surface area contributed by atoms with Crippen LogP contribution < -0.4 is 0 Å². The van der Waals surface area contributed by atoms with Crippen LogP contribution in [0.4, 0.5) is 0 Å². The minimum atomic E-state index is 0.295. The number of hydrogen-bond acceptors (Lipinski definition) is 4. The van der Waals surface area contributed by atoms with E-state index in [1.807, 2.05) is 6.07 Å². The zero-order valence-corrected chi connectivity index (χ0v) is 11.2. The van der Waals surface area contributed by atoms with Gasteiger partial charge in [-0.1, -0.05) is 32.5 Å². The average molecular weight is 242 g/mol. The van der Waals surface area contributed by atoms with Crippen LogP contribution in [0.1, 0.15) is 20.8 Å². The van der Waals surface area contributed by atoms with Crippen molar-refractivity contribution in [1.29, 1.82) is 0 Å². The lowest BCUT2D eigenvalue weighted by Crippen LogP contribution is -2.24. The highest BCUT2D eigenvalue weighted by atomic mass is 32.2. The molecule has 0 aliphatic heterocycles. The summed E-state index contributed by atoms with van der Waals surface area (Å²) in [4.78, 5) is 8.39. The van der Waals surface area contributed by atoms with Gasteiger partial charge in [-0.15, -0.1) is 0 Å². The minimum absolute atomic E-state index is 0.295. The van der Waals surface area contributed by atoms with E-state index < -0.39 is 0 Å². The van der Waals surface area contributed by atoms with E-state index >= 15 is 0 Å². The standard InChI is InChI=1S/C11H18N2S2/c1-11(2,3)9(7-14)8-15-10-12-5-4-6-13-10/h4-6,9,14H,7-8H2,1-3H3. The van der Waals surface area contributed by atoms with Crippen molar-refractivity contribution >= 4 is 24.4 Å². The third-order valence-electron chi connectivity index (χ3n) is 2.40. The zero-order valence-electron chi connectivity index (χ0n) is 9.47. The number of aromatic nitrogens is 2. The fourth-order valence-corrected chi connectivity index (χ4v) is 3.20. The molecule has 0 saturated heterocycles. The molecular weight excluding hydrogens is 224 g/mol. The first-order valence-electron chi connectivity index (χ1n) is 5.04. The van der Waals surface area contributed by atoms with Crippen molar-refractivity contribution in [2.75, 3.05) is 11.5 Å². The molecule has 1 unspecified atom stereocenters. The van der Waals surface area contributed by atoms with Gasteiger partial charge < -0.3 is 0 Å². The first-order chi connectivity index (χ1) is 7.04. The lowest BCUT2D eigenvalue weighted by Gasteiger charge is -2.28. The van der Waals surface area contributed by atoms with Crippen LogP contribution in [0.3, 0.4) is 0 Å². The van der Waals surface area contributed by atoms with Crippen LogP contribution in [-0.2, 0) is 0 Å². The van der Waals surface area contributed by atoms with Gasteiger partial charge in [-0.05, 0) is 23.2 Å². The SMILES string of the molecule is CC(C)(C)C(CS)CSc1ncccn1. The van der Waals surface area contributed by atoms with E-state index in [4.69, 9.17) is 0 Å². The quantitative estimate of drug-likeness (QED) is 0.499. The summed E-state index contributed by atoms with van der Waals surface area (Å²) >= 11 is 6.11. The smallest absolute Gasteiger partial charge is 0.187 e. The molecule has 1 rings (SSSR count). The minimum Gasteiger partial charge on any atom is -0.231 e. The Bertz CT molecular complexity index is 282. The molecule has 1 aromatic rings. The van der Waals surface area contributed by atoms with Gasteiger partial charge in [0.25, 0.3) is 0 Å². The first-order valence-corrected chi connectivity index (χ1v) is 6.66. The van der Waals surface area contributed by atoms with E-state index in [-0.39, 0.29) is 0 Å². The van der Waals surface area contributed by atoms with Crippen LogP contribution in [0.15, 0.2) is 23.6 Å². The van der Waals surface area contributed by atoms with Crippen molar-refractivity contribution in [1.82, 2.24) is 9.97 Å². The highest BCUT2D eigenvalue weighted by molar-refractivity contribution is 7.99. The highest BCUT2D eigenvalue weighted by Gasteiger charge is 2.23. The van der Waals surface area contributed by atoms with Gasteiger partial charge >= 0.3 is 0 Å². The van der Waals surface area contributed by atoms with E-state index in [0.29, 0.717) is 11.3 Å². The Kier molecular flexibility index (Phi) is 4.93. The summed E-state index contributed by atoms with van der Waals surface area (Å²) < 4.78 is 0. The fraction of sp³-hybridized carbons (Fsp3) is 0.636. The van der Waals surface area contributed by atoms with Crippen molar-refractivity contribution in [3.05, 3.63) is 18.5 Å². The third-order valence-corrected chi connectivity index (χ3v) is 3.88. The van der Waals surface area contributed by atoms with Crippen LogP contribution in [0, 0.1) is 11.3 Å². The molecule has 0 bridgehead atoms. The summed E-state index contributed by atoms with van der Waals surface area (Å²) in [6, 6.07) is 1.84. The van der Waals surface area contributed by atoms with E-state index in [1.54, 1.807) is 24.2 Å². The van der Waals surface area contributed by atoms with Crippen LogP contribution in [-0.4, -0.2) is 21.5 Å². The molecule has 0 aliphatic carbocycles. The Morgan fingerprint density at radius 3 is 2.40 bits per heavy atom. The number of rotatable bonds is 4. The molecule has 84 valence electrons. The van der Waals surface area contributed by atoms with Crippen LogP contribution in [0.5, 0.6) is 0 Å². The zero-order chi connectivity index (χ0) is 11.3. The molecule has 4 heteroatoms. The molecule has 1 aromatic heterocycles. The van der Waals surface area contributed by atoms with E-state index in [2.05, 4.69) is 43.4 Å². The topological polar surface area (TPSA) is 25.8 Å². The second-order valence-electron chi connectivity index (χ2n) is 4.59. The first kappa shape index (κ1) is 12.8. The summed E-state index contributed by atoms with van der Waals surface area (Å²) in [5, 5.41) is 0.855. The fourth-order valence-electron chi connectivity index (χ4n) is 1.11. The van der Waals surface area contributed by atoms with Crippen molar-refractivity contribution in [3.8, 4) is 0 Å². The summed E-state index contributed by atoms with van der Waals surface area (Å²) in [7, 11) is 0. The van der Waals surface area contributed by atoms with Crippen LogP contribution in [0.25, 0.3) is 0 Å². The van der Waals surface area contributed by atoms with Gasteiger partial charge in [0.1, 0.15) is 0 Å².